The average molecular weight is 442 g/mol. The van der Waals surface area contributed by atoms with Gasteiger partial charge in [0.15, 0.2) is 11.5 Å². The van der Waals surface area contributed by atoms with Crippen LogP contribution in [0.5, 0.6) is 11.5 Å². The van der Waals surface area contributed by atoms with Crippen molar-refractivity contribution in [3.63, 3.8) is 0 Å². The summed E-state index contributed by atoms with van der Waals surface area (Å²) in [6, 6.07) is 14.4. The smallest absolute Gasteiger partial charge is 0.243 e. The number of benzene rings is 2. The highest BCUT2D eigenvalue weighted by molar-refractivity contribution is 7.89. The van der Waals surface area contributed by atoms with Gasteiger partial charge in [0.25, 0.3) is 0 Å². The van der Waals surface area contributed by atoms with E-state index in [0.717, 1.165) is 10.9 Å². The molecule has 1 aliphatic rings. The summed E-state index contributed by atoms with van der Waals surface area (Å²) >= 11 is 0. The number of hydrogen-bond acceptors (Lipinski definition) is 6. The zero-order chi connectivity index (χ0) is 22.0. The van der Waals surface area contributed by atoms with E-state index in [-0.39, 0.29) is 10.8 Å². The summed E-state index contributed by atoms with van der Waals surface area (Å²) in [4.78, 5) is 17.3. The lowest BCUT2D eigenvalue weighted by Gasteiger charge is -2.22. The lowest BCUT2D eigenvalue weighted by molar-refractivity contribution is -0.118. The lowest BCUT2D eigenvalue weighted by Crippen LogP contribution is -2.47. The number of para-hydroxylation sites is 1. The fraction of sp³-hybridized carbons (Fsp3) is 0.273. The van der Waals surface area contributed by atoms with Gasteiger partial charge in [-0.3, -0.25) is 4.79 Å². The number of carbonyl (C=O) groups excluding carboxylic acids is 1. The van der Waals surface area contributed by atoms with Gasteiger partial charge in [0.1, 0.15) is 25.1 Å². The summed E-state index contributed by atoms with van der Waals surface area (Å²) in [7, 11) is -3.98. The Hall–Kier alpha value is -3.17. The van der Waals surface area contributed by atoms with Crippen LogP contribution in [0.25, 0.3) is 10.9 Å². The normalized spacial score (nSPS) is 14.4. The molecule has 2 heterocycles. The Morgan fingerprint density at radius 1 is 1.00 bits per heavy atom. The van der Waals surface area contributed by atoms with Crippen LogP contribution in [0.2, 0.25) is 0 Å². The maximum Gasteiger partial charge on any atom is 0.243 e. The van der Waals surface area contributed by atoms with Gasteiger partial charge in [-0.1, -0.05) is 32.0 Å². The van der Waals surface area contributed by atoms with E-state index >= 15 is 0 Å². The number of nitrogens with zero attached hydrogens (tertiary/aromatic N) is 1. The summed E-state index contributed by atoms with van der Waals surface area (Å²) in [5.41, 5.74) is 0.734. The molecule has 0 spiro atoms. The van der Waals surface area contributed by atoms with Crippen LogP contribution in [-0.4, -0.2) is 38.6 Å². The molecule has 3 aromatic rings. The summed E-state index contributed by atoms with van der Waals surface area (Å²) in [5, 5.41) is 3.66. The second-order valence-corrected chi connectivity index (χ2v) is 9.24. The molecular formula is C22H23N3O5S. The molecule has 0 saturated heterocycles. The number of sulfonamides is 1. The molecule has 0 saturated carbocycles. The van der Waals surface area contributed by atoms with Crippen molar-refractivity contribution in [2.24, 2.45) is 5.92 Å². The monoisotopic (exact) mass is 441 g/mol. The molecule has 2 aromatic carbocycles. The highest BCUT2D eigenvalue weighted by atomic mass is 32.2. The van der Waals surface area contributed by atoms with Crippen molar-refractivity contribution < 1.29 is 22.7 Å². The third kappa shape index (κ3) is 4.62. The zero-order valence-corrected chi connectivity index (χ0v) is 18.0. The van der Waals surface area contributed by atoms with Crippen LogP contribution < -0.4 is 19.5 Å². The number of nitrogens with one attached hydrogen (secondary N) is 2. The number of fused-ring (bicyclic) bond motifs is 2. The number of ether oxygens (including phenoxy) is 2. The molecule has 0 fully saturated rings. The minimum Gasteiger partial charge on any atom is -0.486 e. The van der Waals surface area contributed by atoms with Crippen molar-refractivity contribution >= 4 is 32.7 Å². The Morgan fingerprint density at radius 2 is 1.74 bits per heavy atom. The molecule has 8 nitrogen and oxygen atoms in total. The van der Waals surface area contributed by atoms with Crippen molar-refractivity contribution in [2.45, 2.75) is 24.8 Å². The van der Waals surface area contributed by atoms with Gasteiger partial charge >= 0.3 is 0 Å². The van der Waals surface area contributed by atoms with Gasteiger partial charge in [0.2, 0.25) is 15.9 Å². The topological polar surface area (TPSA) is 107 Å². The number of hydrogen-bond donors (Lipinski definition) is 2. The quantitative estimate of drug-likeness (QED) is 0.609. The molecule has 31 heavy (non-hydrogen) atoms. The lowest BCUT2D eigenvalue weighted by atomic mass is 10.1. The van der Waals surface area contributed by atoms with E-state index in [1.54, 1.807) is 26.0 Å². The van der Waals surface area contributed by atoms with Crippen molar-refractivity contribution in [3.8, 4) is 11.5 Å². The molecular weight excluding hydrogens is 418 g/mol. The maximum atomic E-state index is 13.0. The maximum absolute atomic E-state index is 13.0. The molecule has 9 heteroatoms. The highest BCUT2D eigenvalue weighted by Crippen LogP contribution is 2.32. The number of aromatic nitrogens is 1. The van der Waals surface area contributed by atoms with E-state index in [1.807, 2.05) is 30.3 Å². The predicted molar refractivity (Wildman–Crippen MR) is 117 cm³/mol. The summed E-state index contributed by atoms with van der Waals surface area (Å²) < 4.78 is 39.3. The van der Waals surface area contributed by atoms with E-state index in [4.69, 9.17) is 9.47 Å². The number of anilines is 1. The van der Waals surface area contributed by atoms with Crippen LogP contribution in [0.1, 0.15) is 13.8 Å². The Labute approximate surface area is 180 Å². The fourth-order valence-electron chi connectivity index (χ4n) is 3.26. The van der Waals surface area contributed by atoms with E-state index in [2.05, 4.69) is 15.0 Å². The summed E-state index contributed by atoms with van der Waals surface area (Å²) in [5.74, 6) is 0.421. The molecule has 4 rings (SSSR count). The molecule has 0 radical (unpaired) electrons. The highest BCUT2D eigenvalue weighted by Gasteiger charge is 2.29. The number of rotatable bonds is 6. The van der Waals surface area contributed by atoms with Crippen LogP contribution in [0.4, 0.5) is 5.82 Å². The van der Waals surface area contributed by atoms with Crippen LogP contribution in [0.15, 0.2) is 59.5 Å². The van der Waals surface area contributed by atoms with Crippen LogP contribution >= 0.6 is 0 Å². The largest absolute Gasteiger partial charge is 0.486 e. The molecule has 1 amide bonds. The third-order valence-electron chi connectivity index (χ3n) is 4.90. The number of pyridine rings is 1. The standard InChI is InChI=1S/C22H23N3O5S/c1-14(2)21(22(26)24-20-10-7-15-5-3-4-6-17(15)23-20)25-31(27,28)16-8-9-18-19(13-16)30-12-11-29-18/h3-10,13-14,21,25H,11-12H2,1-2H3,(H,23,24,26)/t21-/m1/s1. The van der Waals surface area contributed by atoms with Crippen LogP contribution in [0, 0.1) is 5.92 Å². The zero-order valence-electron chi connectivity index (χ0n) is 17.2. The van der Waals surface area contributed by atoms with Gasteiger partial charge in [-0.05, 0) is 36.2 Å². The minimum atomic E-state index is -3.98. The average Bonchev–Trinajstić information content (AvgIpc) is 2.77. The molecule has 1 atom stereocenters. The molecule has 0 bridgehead atoms. The first-order valence-corrected chi connectivity index (χ1v) is 11.4. The fourth-order valence-corrected chi connectivity index (χ4v) is 4.62. The Bertz CT molecular complexity index is 1230. The first-order chi connectivity index (χ1) is 14.8. The number of carbonyl (C=O) groups is 1. The van der Waals surface area contributed by atoms with Gasteiger partial charge in [0.05, 0.1) is 10.4 Å². The van der Waals surface area contributed by atoms with E-state index in [0.29, 0.717) is 30.5 Å². The molecule has 162 valence electrons. The second-order valence-electron chi connectivity index (χ2n) is 7.53. The SMILES string of the molecule is CC(C)[C@@H](NS(=O)(=O)c1ccc2c(c1)OCCO2)C(=O)Nc1ccc2ccccc2n1. The van der Waals surface area contributed by atoms with E-state index < -0.39 is 22.0 Å². The van der Waals surface area contributed by atoms with Crippen molar-refractivity contribution in [3.05, 3.63) is 54.6 Å². The number of amides is 1. The van der Waals surface area contributed by atoms with Crippen molar-refractivity contribution in [1.82, 2.24) is 9.71 Å². The Morgan fingerprint density at radius 3 is 2.52 bits per heavy atom. The van der Waals surface area contributed by atoms with E-state index in [9.17, 15) is 13.2 Å². The minimum absolute atomic E-state index is 0.000898. The van der Waals surface area contributed by atoms with Gasteiger partial charge in [-0.2, -0.15) is 4.72 Å². The Balaban J connectivity index is 1.54. The predicted octanol–water partition coefficient (Wildman–Crippen LogP) is 2.95. The molecule has 2 N–H and O–H groups in total. The first-order valence-electron chi connectivity index (χ1n) is 9.92. The van der Waals surface area contributed by atoms with Gasteiger partial charge < -0.3 is 14.8 Å². The molecule has 1 aromatic heterocycles. The van der Waals surface area contributed by atoms with Crippen molar-refractivity contribution in [2.75, 3.05) is 18.5 Å². The van der Waals surface area contributed by atoms with Crippen LogP contribution in [0.3, 0.4) is 0 Å². The molecule has 0 unspecified atom stereocenters. The summed E-state index contributed by atoms with van der Waals surface area (Å²) in [6.45, 7) is 4.30. The van der Waals surface area contributed by atoms with Gasteiger partial charge in [-0.15, -0.1) is 0 Å². The van der Waals surface area contributed by atoms with Crippen molar-refractivity contribution in [1.29, 1.82) is 0 Å². The van der Waals surface area contributed by atoms with Crippen LogP contribution in [-0.2, 0) is 14.8 Å². The van der Waals surface area contributed by atoms with Gasteiger partial charge in [-0.25, -0.2) is 13.4 Å². The molecule has 1 aliphatic heterocycles. The van der Waals surface area contributed by atoms with Gasteiger partial charge in [0, 0.05) is 11.5 Å². The Kier molecular flexibility index (Phi) is 5.79. The second kappa shape index (κ2) is 8.52. The molecule has 0 aliphatic carbocycles. The first kappa shape index (κ1) is 21.1. The van der Waals surface area contributed by atoms with E-state index in [1.165, 1.54) is 12.1 Å². The third-order valence-corrected chi connectivity index (χ3v) is 6.34. The summed E-state index contributed by atoms with van der Waals surface area (Å²) in [6.07, 6.45) is 0.